The molecule has 3 aromatic heterocycles. The summed E-state index contributed by atoms with van der Waals surface area (Å²) in [5, 5.41) is 7.91. The highest BCUT2D eigenvalue weighted by atomic mass is 35.5. The molecule has 0 spiro atoms. The van der Waals surface area contributed by atoms with Crippen LogP contribution < -0.4 is 10.2 Å². The van der Waals surface area contributed by atoms with Crippen LogP contribution in [0, 0.1) is 19.8 Å². The van der Waals surface area contributed by atoms with E-state index in [1.807, 2.05) is 13.0 Å². The van der Waals surface area contributed by atoms with Crippen molar-refractivity contribution >= 4 is 40.6 Å². The van der Waals surface area contributed by atoms with Crippen molar-refractivity contribution in [1.82, 2.24) is 19.7 Å². The summed E-state index contributed by atoms with van der Waals surface area (Å²) in [5.74, 6) is 1.00. The number of anilines is 2. The number of nitrogens with zero attached hydrogens (tertiary/aromatic N) is 5. The molecule has 1 aliphatic heterocycles. The van der Waals surface area contributed by atoms with Gasteiger partial charge in [-0.1, -0.05) is 23.2 Å². The number of rotatable bonds is 5. The zero-order valence-electron chi connectivity index (χ0n) is 19.6. The van der Waals surface area contributed by atoms with Gasteiger partial charge in [0.2, 0.25) is 0 Å². The summed E-state index contributed by atoms with van der Waals surface area (Å²) in [6, 6.07) is 3.46. The molecular formula is C24H27Cl2FN6O. The van der Waals surface area contributed by atoms with Crippen LogP contribution in [0.2, 0.25) is 10.0 Å². The molecule has 1 aliphatic rings. The normalized spacial score (nSPS) is 15.0. The van der Waals surface area contributed by atoms with Crippen LogP contribution in [-0.4, -0.2) is 44.4 Å². The van der Waals surface area contributed by atoms with Crippen LogP contribution in [0.5, 0.6) is 0 Å². The molecule has 4 heterocycles. The zero-order chi connectivity index (χ0) is 24.6. The minimum atomic E-state index is -1.16. The number of alkyl halides is 1. The molecular weight excluding hydrogens is 478 g/mol. The van der Waals surface area contributed by atoms with Crippen molar-refractivity contribution in [2.24, 2.45) is 5.92 Å². The van der Waals surface area contributed by atoms with Crippen LogP contribution in [0.1, 0.15) is 48.3 Å². The summed E-state index contributed by atoms with van der Waals surface area (Å²) in [7, 11) is 0. The Morgan fingerprint density at radius 2 is 1.76 bits per heavy atom. The lowest BCUT2D eigenvalue weighted by atomic mass is 9.84. The number of hydrogen-bond acceptors (Lipinski definition) is 5. The summed E-state index contributed by atoms with van der Waals surface area (Å²) >= 11 is 12.2. The molecule has 0 atom stereocenters. The summed E-state index contributed by atoms with van der Waals surface area (Å²) < 4.78 is 15.8. The fraction of sp³-hybridized carbons (Fsp3) is 0.417. The molecule has 0 aliphatic carbocycles. The Kier molecular flexibility index (Phi) is 6.82. The van der Waals surface area contributed by atoms with Crippen LogP contribution >= 0.6 is 23.2 Å². The lowest BCUT2D eigenvalue weighted by molar-refractivity contribution is 0.102. The number of hydrogen-bond donors (Lipinski definition) is 1. The summed E-state index contributed by atoms with van der Waals surface area (Å²) in [4.78, 5) is 23.9. The van der Waals surface area contributed by atoms with Gasteiger partial charge in [-0.25, -0.2) is 19.0 Å². The monoisotopic (exact) mass is 504 g/mol. The Morgan fingerprint density at radius 3 is 2.38 bits per heavy atom. The van der Waals surface area contributed by atoms with E-state index < -0.39 is 5.67 Å². The number of pyridine rings is 2. The molecule has 1 saturated heterocycles. The molecule has 0 unspecified atom stereocenters. The lowest BCUT2D eigenvalue weighted by Gasteiger charge is -2.37. The van der Waals surface area contributed by atoms with E-state index in [1.165, 1.54) is 17.1 Å². The number of carbonyl (C=O) groups excluding carboxylic acids is 1. The number of carbonyl (C=O) groups is 1. The van der Waals surface area contributed by atoms with E-state index in [-0.39, 0.29) is 11.8 Å². The summed E-state index contributed by atoms with van der Waals surface area (Å²) in [5.41, 5.74) is 1.35. The largest absolute Gasteiger partial charge is 0.356 e. The van der Waals surface area contributed by atoms with Crippen molar-refractivity contribution in [3.8, 4) is 5.82 Å². The fourth-order valence-electron chi connectivity index (χ4n) is 4.35. The second-order valence-corrected chi connectivity index (χ2v) is 10.0. The van der Waals surface area contributed by atoms with Gasteiger partial charge in [-0.05, 0) is 64.2 Å². The Balaban J connectivity index is 1.46. The van der Waals surface area contributed by atoms with Gasteiger partial charge in [0.25, 0.3) is 5.91 Å². The maximum absolute atomic E-state index is 14.3. The van der Waals surface area contributed by atoms with Crippen molar-refractivity contribution in [1.29, 1.82) is 0 Å². The first kappa shape index (κ1) is 24.4. The van der Waals surface area contributed by atoms with Crippen molar-refractivity contribution < 1.29 is 9.18 Å². The molecule has 7 nitrogen and oxygen atoms in total. The highest BCUT2D eigenvalue weighted by Crippen LogP contribution is 2.33. The standard InChI is InChI=1S/C24H27Cl2FN6O/c1-14-9-18(12-29-21(14)32-7-5-16(6-8-32)24(3,4)27)31-23(34)19-13-30-33(15(19)2)22-20(26)10-17(25)11-28-22/h9-13,16H,5-8H2,1-4H3,(H,31,34). The third-order valence-corrected chi connectivity index (χ3v) is 6.80. The summed E-state index contributed by atoms with van der Waals surface area (Å²) in [6.07, 6.45) is 6.17. The van der Waals surface area contributed by atoms with Gasteiger partial charge in [0.05, 0.1) is 39.4 Å². The maximum Gasteiger partial charge on any atom is 0.259 e. The van der Waals surface area contributed by atoms with Crippen LogP contribution in [0.15, 0.2) is 30.7 Å². The predicted octanol–water partition coefficient (Wildman–Crippen LogP) is 5.80. The first-order valence-corrected chi connectivity index (χ1v) is 11.9. The highest BCUT2D eigenvalue weighted by Gasteiger charge is 2.33. The van der Waals surface area contributed by atoms with Crippen molar-refractivity contribution in [2.45, 2.75) is 46.2 Å². The van der Waals surface area contributed by atoms with E-state index in [2.05, 4.69) is 25.3 Å². The molecule has 1 amide bonds. The molecule has 0 aromatic carbocycles. The molecule has 10 heteroatoms. The first-order chi connectivity index (χ1) is 16.0. The van der Waals surface area contributed by atoms with Crippen molar-refractivity contribution in [3.05, 3.63) is 57.6 Å². The van der Waals surface area contributed by atoms with E-state index in [0.717, 1.165) is 37.3 Å². The maximum atomic E-state index is 14.3. The second-order valence-electron chi connectivity index (χ2n) is 9.16. The molecule has 0 radical (unpaired) electrons. The quantitative estimate of drug-likeness (QED) is 0.474. The van der Waals surface area contributed by atoms with Crippen LogP contribution in [0.4, 0.5) is 15.9 Å². The van der Waals surface area contributed by atoms with E-state index >= 15 is 0 Å². The SMILES string of the molecule is Cc1cc(NC(=O)c2cnn(-c3ncc(Cl)cc3Cl)c2C)cnc1N1CCC(C(C)(C)F)CC1. The van der Waals surface area contributed by atoms with E-state index in [1.54, 1.807) is 33.0 Å². The molecule has 0 saturated carbocycles. The van der Waals surface area contributed by atoms with E-state index in [9.17, 15) is 9.18 Å². The third-order valence-electron chi connectivity index (χ3n) is 6.32. The molecule has 1 fully saturated rings. The lowest BCUT2D eigenvalue weighted by Crippen LogP contribution is -2.40. The van der Waals surface area contributed by atoms with Crippen molar-refractivity contribution in [2.75, 3.05) is 23.3 Å². The number of nitrogens with one attached hydrogen (secondary N) is 1. The smallest absolute Gasteiger partial charge is 0.259 e. The van der Waals surface area contributed by atoms with Gasteiger partial charge in [-0.15, -0.1) is 0 Å². The van der Waals surface area contributed by atoms with Gasteiger partial charge in [0.1, 0.15) is 11.5 Å². The topological polar surface area (TPSA) is 75.9 Å². The minimum absolute atomic E-state index is 0.0599. The third kappa shape index (κ3) is 5.03. The average Bonchev–Trinajstić information content (AvgIpc) is 3.14. The first-order valence-electron chi connectivity index (χ1n) is 11.1. The number of aromatic nitrogens is 4. The van der Waals surface area contributed by atoms with Gasteiger partial charge in [0, 0.05) is 19.3 Å². The number of aryl methyl sites for hydroxylation is 1. The van der Waals surface area contributed by atoms with Gasteiger partial charge in [-0.3, -0.25) is 4.79 Å². The van der Waals surface area contributed by atoms with Crippen molar-refractivity contribution in [3.63, 3.8) is 0 Å². The number of amides is 1. The molecule has 0 bridgehead atoms. The van der Waals surface area contributed by atoms with Crippen LogP contribution in [-0.2, 0) is 0 Å². The van der Waals surface area contributed by atoms with Gasteiger partial charge in [-0.2, -0.15) is 5.10 Å². The highest BCUT2D eigenvalue weighted by molar-refractivity contribution is 6.35. The Hall–Kier alpha value is -2.71. The summed E-state index contributed by atoms with van der Waals surface area (Å²) in [6.45, 7) is 8.55. The zero-order valence-corrected chi connectivity index (χ0v) is 21.1. The molecule has 3 aromatic rings. The van der Waals surface area contributed by atoms with Crippen LogP contribution in [0.3, 0.4) is 0 Å². The Morgan fingerprint density at radius 1 is 1.09 bits per heavy atom. The molecule has 4 rings (SSSR count). The fourth-order valence-corrected chi connectivity index (χ4v) is 4.81. The Labute approximate surface area is 208 Å². The number of halogens is 3. The van der Waals surface area contributed by atoms with E-state index in [4.69, 9.17) is 23.2 Å². The molecule has 34 heavy (non-hydrogen) atoms. The minimum Gasteiger partial charge on any atom is -0.356 e. The van der Waals surface area contributed by atoms with E-state index in [0.29, 0.717) is 32.8 Å². The van der Waals surface area contributed by atoms with Gasteiger partial charge >= 0.3 is 0 Å². The second kappa shape index (κ2) is 9.50. The van der Waals surface area contributed by atoms with Crippen LogP contribution in [0.25, 0.3) is 5.82 Å². The predicted molar refractivity (Wildman–Crippen MR) is 133 cm³/mol. The average molecular weight is 505 g/mol. The number of piperidine rings is 1. The Bertz CT molecular complexity index is 1210. The molecule has 180 valence electrons. The molecule has 1 N–H and O–H groups in total. The van der Waals surface area contributed by atoms with Gasteiger partial charge < -0.3 is 10.2 Å². The van der Waals surface area contributed by atoms with Gasteiger partial charge in [0.15, 0.2) is 5.82 Å².